The minimum atomic E-state index is -3.99. The van der Waals surface area contributed by atoms with Crippen molar-refractivity contribution in [2.75, 3.05) is 10.5 Å². The van der Waals surface area contributed by atoms with Crippen molar-refractivity contribution >= 4 is 38.9 Å². The fourth-order valence-electron chi connectivity index (χ4n) is 1.73. The molecule has 0 aliphatic rings. The molecule has 110 valence electrons. The molecule has 0 saturated carbocycles. The highest BCUT2D eigenvalue weighted by molar-refractivity contribution is 7.92. The van der Waals surface area contributed by atoms with Crippen LogP contribution < -0.4 is 16.2 Å². The number of anilines is 2. The van der Waals surface area contributed by atoms with Crippen LogP contribution in [0.25, 0.3) is 0 Å². The monoisotopic (exact) mass is 325 g/mol. The van der Waals surface area contributed by atoms with Gasteiger partial charge in [-0.25, -0.2) is 8.42 Å². The second-order valence-corrected chi connectivity index (χ2v) is 6.28. The number of primary amides is 1. The number of carbonyl (C=O) groups excluding carboxylic acids is 1. The van der Waals surface area contributed by atoms with E-state index in [9.17, 15) is 13.2 Å². The Morgan fingerprint density at radius 1 is 1.14 bits per heavy atom. The van der Waals surface area contributed by atoms with Gasteiger partial charge in [-0.2, -0.15) is 0 Å². The topological polar surface area (TPSA) is 115 Å². The van der Waals surface area contributed by atoms with Crippen LogP contribution >= 0.6 is 11.6 Å². The molecule has 1 amide bonds. The van der Waals surface area contributed by atoms with Gasteiger partial charge in [0.05, 0.1) is 16.9 Å². The highest BCUT2D eigenvalue weighted by atomic mass is 35.5. The van der Waals surface area contributed by atoms with Crippen molar-refractivity contribution in [1.29, 1.82) is 0 Å². The second kappa shape index (κ2) is 5.63. The van der Waals surface area contributed by atoms with E-state index in [1.54, 1.807) is 12.1 Å². The van der Waals surface area contributed by atoms with Crippen LogP contribution in [-0.2, 0) is 10.0 Å². The predicted octanol–water partition coefficient (Wildman–Crippen LogP) is 1.82. The van der Waals surface area contributed by atoms with Crippen LogP contribution in [0.3, 0.4) is 0 Å². The van der Waals surface area contributed by atoms with Crippen LogP contribution in [0.15, 0.2) is 47.4 Å². The lowest BCUT2D eigenvalue weighted by atomic mass is 10.2. The lowest BCUT2D eigenvalue weighted by molar-refractivity contribution is 0.100. The van der Waals surface area contributed by atoms with E-state index in [-0.39, 0.29) is 26.9 Å². The second-order valence-electron chi connectivity index (χ2n) is 4.20. The summed E-state index contributed by atoms with van der Waals surface area (Å²) >= 11 is 5.79. The van der Waals surface area contributed by atoms with E-state index < -0.39 is 15.9 Å². The Morgan fingerprint density at radius 3 is 2.48 bits per heavy atom. The summed E-state index contributed by atoms with van der Waals surface area (Å²) in [4.78, 5) is 11.1. The molecule has 0 saturated heterocycles. The van der Waals surface area contributed by atoms with Gasteiger partial charge in [0.2, 0.25) is 0 Å². The number of rotatable bonds is 4. The summed E-state index contributed by atoms with van der Waals surface area (Å²) in [7, 11) is -3.99. The summed E-state index contributed by atoms with van der Waals surface area (Å²) in [6, 6.07) is 10.1. The maximum Gasteiger partial charge on any atom is 0.264 e. The molecule has 0 radical (unpaired) electrons. The number of nitrogen functional groups attached to an aromatic ring is 1. The molecular weight excluding hydrogens is 314 g/mol. The number of hydrogen-bond acceptors (Lipinski definition) is 4. The van der Waals surface area contributed by atoms with Crippen LogP contribution in [0.5, 0.6) is 0 Å². The minimum Gasteiger partial charge on any atom is -0.398 e. The number of benzene rings is 2. The zero-order valence-corrected chi connectivity index (χ0v) is 12.3. The summed E-state index contributed by atoms with van der Waals surface area (Å²) in [5, 5.41) is 0.229. The summed E-state index contributed by atoms with van der Waals surface area (Å²) in [5.74, 6) is -0.743. The van der Waals surface area contributed by atoms with E-state index in [0.29, 0.717) is 0 Å². The molecule has 21 heavy (non-hydrogen) atoms. The zero-order chi connectivity index (χ0) is 15.6. The van der Waals surface area contributed by atoms with Gasteiger partial charge < -0.3 is 11.5 Å². The number of sulfonamides is 1. The summed E-state index contributed by atoms with van der Waals surface area (Å²) in [6.45, 7) is 0. The number of halogens is 1. The maximum absolute atomic E-state index is 12.3. The van der Waals surface area contributed by atoms with E-state index in [4.69, 9.17) is 23.1 Å². The summed E-state index contributed by atoms with van der Waals surface area (Å²) < 4.78 is 27.0. The third-order valence-electron chi connectivity index (χ3n) is 2.70. The molecule has 5 N–H and O–H groups in total. The van der Waals surface area contributed by atoms with E-state index in [2.05, 4.69) is 4.72 Å². The maximum atomic E-state index is 12.3. The van der Waals surface area contributed by atoms with Gasteiger partial charge in [-0.1, -0.05) is 23.7 Å². The molecule has 0 fully saturated rings. The Morgan fingerprint density at radius 2 is 1.81 bits per heavy atom. The van der Waals surface area contributed by atoms with Gasteiger partial charge in [-0.15, -0.1) is 0 Å². The lowest BCUT2D eigenvalue weighted by Crippen LogP contribution is -2.19. The molecule has 0 bridgehead atoms. The fraction of sp³-hybridized carbons (Fsp3) is 0. The Hall–Kier alpha value is -2.25. The molecule has 0 aromatic heterocycles. The van der Waals surface area contributed by atoms with E-state index in [1.807, 2.05) is 0 Å². The highest BCUT2D eigenvalue weighted by Gasteiger charge is 2.20. The SMILES string of the molecule is NC(=O)c1ccccc1NS(=O)(=O)c1cc(Cl)ccc1N. The standard InChI is InChI=1S/C13H12ClN3O3S/c14-8-5-6-10(15)12(7-8)21(19,20)17-11-4-2-1-3-9(11)13(16)18/h1-7,17H,15H2,(H2,16,18). The Labute approximate surface area is 126 Å². The van der Waals surface area contributed by atoms with E-state index >= 15 is 0 Å². The number of nitrogens with one attached hydrogen (secondary N) is 1. The molecular formula is C13H12ClN3O3S. The zero-order valence-electron chi connectivity index (χ0n) is 10.7. The van der Waals surface area contributed by atoms with Crippen LogP contribution in [0.4, 0.5) is 11.4 Å². The van der Waals surface area contributed by atoms with Gasteiger partial charge in [-0.05, 0) is 30.3 Å². The first-order chi connectivity index (χ1) is 9.81. The van der Waals surface area contributed by atoms with Crippen molar-refractivity contribution in [3.8, 4) is 0 Å². The first kappa shape index (κ1) is 15.1. The van der Waals surface area contributed by atoms with Gasteiger partial charge in [0, 0.05) is 5.02 Å². The quantitative estimate of drug-likeness (QED) is 0.743. The molecule has 2 rings (SSSR count). The fourth-order valence-corrected chi connectivity index (χ4v) is 3.20. The largest absolute Gasteiger partial charge is 0.398 e. The van der Waals surface area contributed by atoms with Crippen molar-refractivity contribution in [1.82, 2.24) is 0 Å². The first-order valence-corrected chi connectivity index (χ1v) is 7.64. The molecule has 2 aromatic carbocycles. The van der Waals surface area contributed by atoms with Gasteiger partial charge in [0.15, 0.2) is 0 Å². The lowest BCUT2D eigenvalue weighted by Gasteiger charge is -2.12. The molecule has 8 heteroatoms. The Balaban J connectivity index is 2.48. The Bertz CT molecular complexity index is 806. The Kier molecular flexibility index (Phi) is 4.06. The minimum absolute atomic E-state index is 0.0449. The number of carbonyl (C=O) groups is 1. The van der Waals surface area contributed by atoms with Gasteiger partial charge in [-0.3, -0.25) is 9.52 Å². The van der Waals surface area contributed by atoms with Crippen molar-refractivity contribution < 1.29 is 13.2 Å². The smallest absolute Gasteiger partial charge is 0.264 e. The van der Waals surface area contributed by atoms with Crippen LogP contribution in [0.1, 0.15) is 10.4 Å². The van der Waals surface area contributed by atoms with Crippen molar-refractivity contribution in [3.63, 3.8) is 0 Å². The number of amides is 1. The summed E-state index contributed by atoms with van der Waals surface area (Å²) in [6.07, 6.45) is 0. The van der Waals surface area contributed by atoms with Crippen LogP contribution in [0.2, 0.25) is 5.02 Å². The van der Waals surface area contributed by atoms with Crippen LogP contribution in [-0.4, -0.2) is 14.3 Å². The predicted molar refractivity (Wildman–Crippen MR) is 81.6 cm³/mol. The van der Waals surface area contributed by atoms with Crippen molar-refractivity contribution in [2.45, 2.75) is 4.90 Å². The van der Waals surface area contributed by atoms with Gasteiger partial charge >= 0.3 is 0 Å². The van der Waals surface area contributed by atoms with E-state index in [1.165, 1.54) is 30.3 Å². The molecule has 0 unspecified atom stereocenters. The average Bonchev–Trinajstić information content (AvgIpc) is 2.41. The first-order valence-electron chi connectivity index (χ1n) is 5.78. The van der Waals surface area contributed by atoms with E-state index in [0.717, 1.165) is 0 Å². The van der Waals surface area contributed by atoms with Gasteiger partial charge in [0.25, 0.3) is 15.9 Å². The molecule has 0 aliphatic heterocycles. The number of para-hydroxylation sites is 1. The molecule has 2 aromatic rings. The van der Waals surface area contributed by atoms with Gasteiger partial charge in [0.1, 0.15) is 4.90 Å². The molecule has 6 nitrogen and oxygen atoms in total. The molecule has 0 heterocycles. The third kappa shape index (κ3) is 3.26. The average molecular weight is 326 g/mol. The normalized spacial score (nSPS) is 11.1. The number of nitrogens with two attached hydrogens (primary N) is 2. The summed E-state index contributed by atoms with van der Waals surface area (Å²) in [5.41, 5.74) is 11.0. The third-order valence-corrected chi connectivity index (χ3v) is 4.36. The molecule has 0 atom stereocenters. The van der Waals surface area contributed by atoms with Crippen molar-refractivity contribution in [2.24, 2.45) is 5.73 Å². The van der Waals surface area contributed by atoms with Crippen LogP contribution in [0, 0.1) is 0 Å². The molecule has 0 aliphatic carbocycles. The number of hydrogen-bond donors (Lipinski definition) is 3. The van der Waals surface area contributed by atoms with Crippen molar-refractivity contribution in [3.05, 3.63) is 53.1 Å². The highest BCUT2D eigenvalue weighted by Crippen LogP contribution is 2.26. The molecule has 0 spiro atoms.